The van der Waals surface area contributed by atoms with Crippen LogP contribution in [-0.4, -0.2) is 18.9 Å². The smallest absolute Gasteiger partial charge is 0.162 e. The van der Waals surface area contributed by atoms with E-state index in [9.17, 15) is 0 Å². The summed E-state index contributed by atoms with van der Waals surface area (Å²) in [6.07, 6.45) is 0. The Bertz CT molecular complexity index is 727. The molecule has 0 spiro atoms. The number of fused-ring (bicyclic) bond motifs is 1. The van der Waals surface area contributed by atoms with Crippen LogP contribution in [0, 0.1) is 0 Å². The van der Waals surface area contributed by atoms with Gasteiger partial charge >= 0.3 is 0 Å². The van der Waals surface area contributed by atoms with Crippen LogP contribution in [0.3, 0.4) is 0 Å². The van der Waals surface area contributed by atoms with Gasteiger partial charge in [-0.1, -0.05) is 29.3 Å². The number of hydrazone groups is 1. The molecule has 2 aromatic rings. The van der Waals surface area contributed by atoms with Gasteiger partial charge in [0.2, 0.25) is 0 Å². The van der Waals surface area contributed by atoms with Crippen molar-refractivity contribution in [2.45, 2.75) is 13.5 Å². The number of rotatable bonds is 4. The van der Waals surface area contributed by atoms with Gasteiger partial charge in [0.15, 0.2) is 11.5 Å². The van der Waals surface area contributed by atoms with Gasteiger partial charge in [-0.25, -0.2) is 0 Å². The minimum absolute atomic E-state index is 0.459. The monoisotopic (exact) mass is 350 g/mol. The van der Waals surface area contributed by atoms with Crippen molar-refractivity contribution in [3.8, 4) is 11.5 Å². The normalized spacial score (nSPS) is 13.8. The molecular formula is C17H16Cl2N2O2. The molecule has 0 bridgehead atoms. The van der Waals surface area contributed by atoms with Gasteiger partial charge in [0.25, 0.3) is 0 Å². The number of nitrogens with one attached hydrogen (secondary N) is 1. The van der Waals surface area contributed by atoms with Gasteiger partial charge in [0.05, 0.1) is 12.3 Å². The standard InChI is InChI=1S/C17H16Cl2N2O2/c1-11(12-5-6-16-17(9-12)23-8-7-22-16)21-20-10-13-14(18)3-2-4-15(13)19/h2-6,9,20H,7-8,10H2,1H3/b21-11-. The predicted molar refractivity (Wildman–Crippen MR) is 92.9 cm³/mol. The van der Waals surface area contributed by atoms with E-state index in [1.807, 2.05) is 43.3 Å². The van der Waals surface area contributed by atoms with Crippen LogP contribution in [0.1, 0.15) is 18.1 Å². The van der Waals surface area contributed by atoms with Gasteiger partial charge in [0.1, 0.15) is 13.2 Å². The highest BCUT2D eigenvalue weighted by molar-refractivity contribution is 6.35. The lowest BCUT2D eigenvalue weighted by Crippen LogP contribution is -2.16. The van der Waals surface area contributed by atoms with Gasteiger partial charge in [-0.05, 0) is 37.3 Å². The summed E-state index contributed by atoms with van der Waals surface area (Å²) in [5.74, 6) is 1.51. The molecular weight excluding hydrogens is 335 g/mol. The molecule has 0 saturated carbocycles. The van der Waals surface area contributed by atoms with E-state index in [2.05, 4.69) is 10.5 Å². The van der Waals surface area contributed by atoms with Gasteiger partial charge in [-0.3, -0.25) is 0 Å². The summed E-state index contributed by atoms with van der Waals surface area (Å²) >= 11 is 12.3. The molecule has 0 unspecified atom stereocenters. The maximum Gasteiger partial charge on any atom is 0.162 e. The quantitative estimate of drug-likeness (QED) is 0.661. The van der Waals surface area contributed by atoms with Crippen molar-refractivity contribution in [2.24, 2.45) is 5.10 Å². The highest BCUT2D eigenvalue weighted by Crippen LogP contribution is 2.31. The lowest BCUT2D eigenvalue weighted by atomic mass is 10.1. The minimum atomic E-state index is 0.459. The molecule has 2 aromatic carbocycles. The number of ether oxygens (including phenoxy) is 2. The summed E-state index contributed by atoms with van der Waals surface area (Å²) in [5, 5.41) is 5.62. The fourth-order valence-electron chi connectivity index (χ4n) is 2.27. The number of hydrogen-bond donors (Lipinski definition) is 1. The predicted octanol–water partition coefficient (Wildman–Crippen LogP) is 4.28. The third kappa shape index (κ3) is 3.71. The summed E-state index contributed by atoms with van der Waals surface area (Å²) in [5.41, 5.74) is 5.64. The average molecular weight is 351 g/mol. The number of nitrogens with zero attached hydrogens (tertiary/aromatic N) is 1. The van der Waals surface area contributed by atoms with E-state index in [1.54, 1.807) is 0 Å². The maximum absolute atomic E-state index is 6.14. The van der Waals surface area contributed by atoms with Crippen molar-refractivity contribution in [2.75, 3.05) is 13.2 Å². The lowest BCUT2D eigenvalue weighted by Gasteiger charge is -2.18. The molecule has 0 aliphatic carbocycles. The highest BCUT2D eigenvalue weighted by Gasteiger charge is 2.12. The zero-order valence-corrected chi connectivity index (χ0v) is 14.1. The molecule has 23 heavy (non-hydrogen) atoms. The first kappa shape index (κ1) is 16.0. The van der Waals surface area contributed by atoms with E-state index >= 15 is 0 Å². The summed E-state index contributed by atoms with van der Waals surface area (Å²) in [7, 11) is 0. The van der Waals surface area contributed by atoms with E-state index in [4.69, 9.17) is 32.7 Å². The fourth-order valence-corrected chi connectivity index (χ4v) is 2.80. The van der Waals surface area contributed by atoms with Crippen LogP contribution in [-0.2, 0) is 6.54 Å². The third-order valence-electron chi connectivity index (χ3n) is 3.52. The first-order chi connectivity index (χ1) is 11.1. The second-order valence-corrected chi connectivity index (χ2v) is 5.91. The molecule has 3 rings (SSSR count). The maximum atomic E-state index is 6.14. The second kappa shape index (κ2) is 7.11. The van der Waals surface area contributed by atoms with Gasteiger partial charge in [-0.15, -0.1) is 0 Å². The van der Waals surface area contributed by atoms with Crippen LogP contribution in [0.15, 0.2) is 41.5 Å². The molecule has 0 saturated heterocycles. The Morgan fingerprint density at radius 2 is 1.78 bits per heavy atom. The number of hydrogen-bond acceptors (Lipinski definition) is 4. The van der Waals surface area contributed by atoms with Crippen LogP contribution < -0.4 is 14.9 Å². The van der Waals surface area contributed by atoms with Crippen LogP contribution >= 0.6 is 23.2 Å². The Labute approximate surface area is 145 Å². The van der Waals surface area contributed by atoms with Crippen LogP contribution in [0.5, 0.6) is 11.5 Å². The van der Waals surface area contributed by atoms with Crippen molar-refractivity contribution in [1.29, 1.82) is 0 Å². The SMILES string of the molecule is C/C(=N/NCc1c(Cl)cccc1Cl)c1ccc2c(c1)OCCO2. The molecule has 0 aromatic heterocycles. The van der Waals surface area contributed by atoms with Crippen molar-refractivity contribution in [3.63, 3.8) is 0 Å². The number of halogens is 2. The molecule has 4 nitrogen and oxygen atoms in total. The largest absolute Gasteiger partial charge is 0.486 e. The average Bonchev–Trinajstić information content (AvgIpc) is 2.57. The first-order valence-electron chi connectivity index (χ1n) is 7.25. The lowest BCUT2D eigenvalue weighted by molar-refractivity contribution is 0.171. The Hall–Kier alpha value is -1.91. The topological polar surface area (TPSA) is 42.9 Å². The summed E-state index contributed by atoms with van der Waals surface area (Å²) in [6.45, 7) is 3.53. The van der Waals surface area contributed by atoms with Gasteiger partial charge < -0.3 is 14.9 Å². The van der Waals surface area contributed by atoms with E-state index in [-0.39, 0.29) is 0 Å². The van der Waals surface area contributed by atoms with Crippen LogP contribution in [0.25, 0.3) is 0 Å². The highest BCUT2D eigenvalue weighted by atomic mass is 35.5. The summed E-state index contributed by atoms with van der Waals surface area (Å²) < 4.78 is 11.1. The van der Waals surface area contributed by atoms with Crippen LogP contribution in [0.2, 0.25) is 10.0 Å². The molecule has 6 heteroatoms. The fraction of sp³-hybridized carbons (Fsp3) is 0.235. The third-order valence-corrected chi connectivity index (χ3v) is 4.23. The van der Waals surface area contributed by atoms with E-state index < -0.39 is 0 Å². The van der Waals surface area contributed by atoms with Crippen molar-refractivity contribution in [1.82, 2.24) is 5.43 Å². The van der Waals surface area contributed by atoms with E-state index in [0.717, 1.165) is 28.3 Å². The molecule has 0 radical (unpaired) electrons. The zero-order chi connectivity index (χ0) is 16.2. The van der Waals surface area contributed by atoms with E-state index in [1.165, 1.54) is 0 Å². The Morgan fingerprint density at radius 3 is 2.52 bits per heavy atom. The molecule has 1 N–H and O–H groups in total. The van der Waals surface area contributed by atoms with Crippen molar-refractivity contribution >= 4 is 28.9 Å². The van der Waals surface area contributed by atoms with E-state index in [0.29, 0.717) is 29.8 Å². The van der Waals surface area contributed by atoms with Gasteiger partial charge in [-0.2, -0.15) is 5.10 Å². The summed E-state index contributed by atoms with van der Waals surface area (Å²) in [4.78, 5) is 0. The Balaban J connectivity index is 1.70. The molecule has 1 aliphatic heterocycles. The van der Waals surface area contributed by atoms with Crippen LogP contribution in [0.4, 0.5) is 0 Å². The molecule has 0 amide bonds. The molecule has 0 atom stereocenters. The zero-order valence-electron chi connectivity index (χ0n) is 12.6. The van der Waals surface area contributed by atoms with Crippen molar-refractivity contribution < 1.29 is 9.47 Å². The van der Waals surface area contributed by atoms with Crippen molar-refractivity contribution in [3.05, 3.63) is 57.6 Å². The Morgan fingerprint density at radius 1 is 1.09 bits per heavy atom. The van der Waals surface area contributed by atoms with Gasteiger partial charge in [0, 0.05) is 21.2 Å². The summed E-state index contributed by atoms with van der Waals surface area (Å²) in [6, 6.07) is 11.2. The first-order valence-corrected chi connectivity index (χ1v) is 8.01. The number of benzene rings is 2. The molecule has 1 heterocycles. The Kier molecular flexibility index (Phi) is 4.94. The molecule has 1 aliphatic rings. The molecule has 0 fully saturated rings. The second-order valence-electron chi connectivity index (χ2n) is 5.09. The molecule has 120 valence electrons. The minimum Gasteiger partial charge on any atom is -0.486 e.